The smallest absolute Gasteiger partial charge is 0.283 e. The number of nitrogens with zero attached hydrogens (tertiary/aromatic N) is 6. The molecule has 0 aliphatic carbocycles. The summed E-state index contributed by atoms with van der Waals surface area (Å²) < 4.78 is 8.49. The lowest BCUT2D eigenvalue weighted by Crippen LogP contribution is -2.29. The van der Waals surface area contributed by atoms with Gasteiger partial charge in [0.25, 0.3) is 5.56 Å². The van der Waals surface area contributed by atoms with Gasteiger partial charge in [-0.05, 0) is 43.3 Å². The summed E-state index contributed by atoms with van der Waals surface area (Å²) in [4.78, 5) is 23.8. The molecule has 2 aromatic carbocycles. The average molecular weight is 511 g/mol. The maximum Gasteiger partial charge on any atom is 0.283 e. The minimum atomic E-state index is -0.518. The van der Waals surface area contributed by atoms with E-state index in [-0.39, 0.29) is 22.8 Å². The SMILES string of the molecule is COc1cccc(Sc2ccn3nc(C(C)Nc4ncnc(N)c4C#N)n(-c4ccccc4)c(=O)c23)c1. The normalized spacial score (nSPS) is 11.7. The molecule has 0 bridgehead atoms. The van der Waals surface area contributed by atoms with E-state index in [0.717, 1.165) is 15.5 Å². The van der Waals surface area contributed by atoms with Crippen LogP contribution in [0.2, 0.25) is 0 Å². The second-order valence-electron chi connectivity index (χ2n) is 8.05. The first-order valence-corrected chi connectivity index (χ1v) is 12.1. The molecule has 0 spiro atoms. The van der Waals surface area contributed by atoms with E-state index in [1.807, 2.05) is 73.7 Å². The number of ether oxygens (including phenoxy) is 1. The summed E-state index contributed by atoms with van der Waals surface area (Å²) in [6.07, 6.45) is 3.04. The molecule has 0 fully saturated rings. The van der Waals surface area contributed by atoms with Crippen LogP contribution < -0.4 is 21.3 Å². The second-order valence-corrected chi connectivity index (χ2v) is 9.16. The van der Waals surface area contributed by atoms with Crippen LogP contribution in [0.5, 0.6) is 5.75 Å². The number of anilines is 2. The number of nitriles is 1. The Labute approximate surface area is 216 Å². The van der Waals surface area contributed by atoms with E-state index in [0.29, 0.717) is 17.0 Å². The summed E-state index contributed by atoms with van der Waals surface area (Å²) in [5.41, 5.74) is 6.85. The first-order valence-electron chi connectivity index (χ1n) is 11.3. The summed E-state index contributed by atoms with van der Waals surface area (Å²) in [6, 6.07) is 20.3. The molecule has 0 aliphatic rings. The van der Waals surface area contributed by atoms with Crippen LogP contribution in [0.1, 0.15) is 24.4 Å². The predicted octanol–water partition coefficient (Wildman–Crippen LogP) is 4.06. The van der Waals surface area contributed by atoms with E-state index in [2.05, 4.69) is 15.3 Å². The van der Waals surface area contributed by atoms with Gasteiger partial charge in [-0.15, -0.1) is 0 Å². The Kier molecular flexibility index (Phi) is 6.49. The molecule has 37 heavy (non-hydrogen) atoms. The molecule has 1 unspecified atom stereocenters. The average Bonchev–Trinajstić information content (AvgIpc) is 3.32. The van der Waals surface area contributed by atoms with Crippen molar-refractivity contribution in [2.24, 2.45) is 0 Å². The van der Waals surface area contributed by atoms with E-state index < -0.39 is 6.04 Å². The van der Waals surface area contributed by atoms with Gasteiger partial charge in [-0.1, -0.05) is 36.0 Å². The van der Waals surface area contributed by atoms with Gasteiger partial charge in [-0.2, -0.15) is 10.4 Å². The van der Waals surface area contributed by atoms with E-state index >= 15 is 0 Å². The Morgan fingerprint density at radius 2 is 1.95 bits per heavy atom. The molecule has 0 saturated carbocycles. The first-order chi connectivity index (χ1) is 18.0. The van der Waals surface area contributed by atoms with Crippen molar-refractivity contribution in [3.63, 3.8) is 0 Å². The maximum atomic E-state index is 14.0. The summed E-state index contributed by atoms with van der Waals surface area (Å²) in [5, 5.41) is 17.5. The first kappa shape index (κ1) is 23.9. The van der Waals surface area contributed by atoms with Crippen molar-refractivity contribution in [3.05, 3.63) is 94.9 Å². The Bertz CT molecular complexity index is 1690. The standard InChI is InChI=1S/C26H22N8O2S/c1-16(31-24-20(14-27)23(28)29-15-30-24)25-32-33-12-11-21(37-19-10-6-9-18(13-19)36-2)22(33)26(35)34(25)17-7-4-3-5-8-17/h3-13,15-16H,1-2H3,(H3,28,29,30,31). The van der Waals surface area contributed by atoms with Crippen LogP contribution in [-0.2, 0) is 0 Å². The summed E-state index contributed by atoms with van der Waals surface area (Å²) >= 11 is 1.46. The largest absolute Gasteiger partial charge is 0.497 e. The number of benzene rings is 2. The highest BCUT2D eigenvalue weighted by Gasteiger charge is 2.22. The molecule has 0 saturated heterocycles. The monoisotopic (exact) mass is 510 g/mol. The molecule has 1 atom stereocenters. The van der Waals surface area contributed by atoms with E-state index in [4.69, 9.17) is 15.6 Å². The molecule has 184 valence electrons. The number of nitrogens with two attached hydrogens (primary N) is 1. The Morgan fingerprint density at radius 3 is 2.70 bits per heavy atom. The number of rotatable bonds is 7. The van der Waals surface area contributed by atoms with Gasteiger partial charge < -0.3 is 15.8 Å². The second kappa shape index (κ2) is 10.0. The molecular weight excluding hydrogens is 488 g/mol. The molecule has 0 aliphatic heterocycles. The fourth-order valence-corrected chi connectivity index (χ4v) is 4.91. The topological polar surface area (TPSA) is 136 Å². The zero-order valence-electron chi connectivity index (χ0n) is 20.0. The van der Waals surface area contributed by atoms with Gasteiger partial charge in [0, 0.05) is 16.0 Å². The van der Waals surface area contributed by atoms with Crippen molar-refractivity contribution >= 4 is 28.9 Å². The zero-order chi connectivity index (χ0) is 25.9. The number of fused-ring (bicyclic) bond motifs is 1. The highest BCUT2D eigenvalue weighted by atomic mass is 32.2. The van der Waals surface area contributed by atoms with Crippen LogP contribution in [0, 0.1) is 11.3 Å². The number of methoxy groups -OCH3 is 1. The number of nitrogen functional groups attached to an aromatic ring is 1. The van der Waals surface area contributed by atoms with Crippen LogP contribution in [-0.4, -0.2) is 31.3 Å². The molecular formula is C26H22N8O2S. The summed E-state index contributed by atoms with van der Waals surface area (Å²) in [7, 11) is 1.62. The van der Waals surface area contributed by atoms with Gasteiger partial charge in [0.15, 0.2) is 5.82 Å². The number of hydrogen-bond donors (Lipinski definition) is 2. The molecule has 11 heteroatoms. The number of aromatic nitrogens is 5. The van der Waals surface area contributed by atoms with E-state index in [9.17, 15) is 10.1 Å². The molecule has 0 radical (unpaired) electrons. The summed E-state index contributed by atoms with van der Waals surface area (Å²) in [6.45, 7) is 1.84. The van der Waals surface area contributed by atoms with Crippen molar-refractivity contribution in [2.45, 2.75) is 22.8 Å². The molecule has 5 aromatic rings. The molecule has 3 heterocycles. The van der Waals surface area contributed by atoms with Crippen LogP contribution in [0.4, 0.5) is 11.6 Å². The fraction of sp³-hybridized carbons (Fsp3) is 0.115. The van der Waals surface area contributed by atoms with Crippen molar-refractivity contribution in [1.82, 2.24) is 24.1 Å². The highest BCUT2D eigenvalue weighted by Crippen LogP contribution is 2.33. The Morgan fingerprint density at radius 1 is 1.14 bits per heavy atom. The van der Waals surface area contributed by atoms with Gasteiger partial charge in [0.1, 0.15) is 40.9 Å². The van der Waals surface area contributed by atoms with E-state index in [1.165, 1.54) is 18.1 Å². The van der Waals surface area contributed by atoms with Gasteiger partial charge in [0.05, 0.1) is 18.8 Å². The third kappa shape index (κ3) is 4.57. The number of para-hydroxylation sites is 1. The van der Waals surface area contributed by atoms with Gasteiger partial charge in [-0.25, -0.2) is 14.5 Å². The molecule has 0 amide bonds. The van der Waals surface area contributed by atoms with Crippen molar-refractivity contribution in [1.29, 1.82) is 5.26 Å². The summed E-state index contributed by atoms with van der Waals surface area (Å²) in [5.74, 6) is 1.50. The van der Waals surface area contributed by atoms with Crippen molar-refractivity contribution < 1.29 is 4.74 Å². The Hall–Kier alpha value is -4.82. The highest BCUT2D eigenvalue weighted by molar-refractivity contribution is 7.99. The van der Waals surface area contributed by atoms with Crippen LogP contribution in [0.15, 0.2) is 87.8 Å². The van der Waals surface area contributed by atoms with Crippen molar-refractivity contribution in [2.75, 3.05) is 18.2 Å². The van der Waals surface area contributed by atoms with Crippen molar-refractivity contribution in [3.8, 4) is 17.5 Å². The minimum absolute atomic E-state index is 0.0701. The molecule has 10 nitrogen and oxygen atoms in total. The fourth-order valence-electron chi connectivity index (χ4n) is 3.93. The van der Waals surface area contributed by atoms with Gasteiger partial charge >= 0.3 is 0 Å². The molecule has 3 aromatic heterocycles. The third-order valence-corrected chi connectivity index (χ3v) is 6.73. The van der Waals surface area contributed by atoms with Crippen LogP contribution in [0.3, 0.4) is 0 Å². The van der Waals surface area contributed by atoms with Gasteiger partial charge in [-0.3, -0.25) is 9.36 Å². The van der Waals surface area contributed by atoms with Crippen LogP contribution >= 0.6 is 11.8 Å². The minimum Gasteiger partial charge on any atom is -0.497 e. The molecule has 5 rings (SSSR count). The lowest BCUT2D eigenvalue weighted by Gasteiger charge is -2.20. The van der Waals surface area contributed by atoms with Crippen LogP contribution in [0.25, 0.3) is 11.2 Å². The lowest BCUT2D eigenvalue weighted by molar-refractivity contribution is 0.413. The third-order valence-electron chi connectivity index (χ3n) is 5.69. The lowest BCUT2D eigenvalue weighted by atomic mass is 10.2. The molecule has 3 N–H and O–H groups in total. The van der Waals surface area contributed by atoms with Gasteiger partial charge in [0.2, 0.25) is 0 Å². The maximum absolute atomic E-state index is 14.0. The zero-order valence-corrected chi connectivity index (χ0v) is 20.8. The quantitative estimate of drug-likeness (QED) is 0.332. The predicted molar refractivity (Wildman–Crippen MR) is 141 cm³/mol. The number of nitrogens with one attached hydrogen (secondary N) is 1. The Balaban J connectivity index is 1.64. The van der Waals surface area contributed by atoms with E-state index in [1.54, 1.807) is 22.4 Å². The number of hydrogen-bond acceptors (Lipinski definition) is 9.